The summed E-state index contributed by atoms with van der Waals surface area (Å²) >= 11 is 0. The van der Waals surface area contributed by atoms with Crippen LogP contribution in [0.25, 0.3) is 0 Å². The van der Waals surface area contributed by atoms with Crippen LogP contribution in [0.5, 0.6) is 0 Å². The highest BCUT2D eigenvalue weighted by Gasteiger charge is 2.23. The van der Waals surface area contributed by atoms with E-state index in [-0.39, 0.29) is 52.6 Å². The summed E-state index contributed by atoms with van der Waals surface area (Å²) in [5.74, 6) is -5.92. The van der Waals surface area contributed by atoms with Gasteiger partial charge < -0.3 is 38.2 Å². The first kappa shape index (κ1) is 32.8. The van der Waals surface area contributed by atoms with Gasteiger partial charge in [0.2, 0.25) is 0 Å². The van der Waals surface area contributed by atoms with Crippen LogP contribution in [0.1, 0.15) is 0 Å². The molecule has 0 aromatic heterocycles. The zero-order chi connectivity index (χ0) is 27.3. The normalized spacial score (nSPS) is 10.7. The fraction of sp³-hybridized carbons (Fsp3) is 0.636. The van der Waals surface area contributed by atoms with E-state index in [4.69, 9.17) is 18.9 Å². The zero-order valence-electron chi connectivity index (χ0n) is 21.0. The molecule has 0 aliphatic rings. The van der Waals surface area contributed by atoms with Crippen LogP contribution in [0, 0.1) is 0 Å². The lowest BCUT2D eigenvalue weighted by molar-refractivity contribution is -0.152. The van der Waals surface area contributed by atoms with Gasteiger partial charge >= 0.3 is 11.9 Å². The largest absolute Gasteiger partial charge is 0.454 e. The standard InChI is InChI=1S/C22H34N2O12/c1-31-11-7-23(8-12-32-2)21(29)17(25)15-35-19(27)5-6-20(28)36-16-18(26)22(30)24(9-13-33-3)10-14-34-4/h5-6H,7-16H2,1-4H3/b6-5+. The van der Waals surface area contributed by atoms with Crippen LogP contribution in [-0.4, -0.2) is 139 Å². The second kappa shape index (κ2) is 20.0. The number of Topliss-reactive ketones (excluding diaryl/α,β-unsaturated/α-hetero) is 2. The number of methoxy groups -OCH3 is 4. The lowest BCUT2D eigenvalue weighted by Gasteiger charge is -2.21. The minimum Gasteiger partial charge on any atom is -0.454 e. The van der Waals surface area contributed by atoms with E-state index >= 15 is 0 Å². The summed E-state index contributed by atoms with van der Waals surface area (Å²) in [6.45, 7) is -0.356. The number of carbonyl (C=O) groups is 6. The van der Waals surface area contributed by atoms with Crippen LogP contribution in [-0.2, 0) is 57.2 Å². The molecule has 0 N–H and O–H groups in total. The van der Waals surface area contributed by atoms with E-state index in [9.17, 15) is 28.8 Å². The Hall–Kier alpha value is -3.20. The lowest BCUT2D eigenvalue weighted by atomic mass is 10.3. The second-order valence-corrected chi connectivity index (χ2v) is 6.95. The Morgan fingerprint density at radius 1 is 0.528 bits per heavy atom. The smallest absolute Gasteiger partial charge is 0.331 e. The summed E-state index contributed by atoms with van der Waals surface area (Å²) < 4.78 is 28.9. The van der Waals surface area contributed by atoms with Crippen molar-refractivity contribution < 1.29 is 57.2 Å². The fourth-order valence-electron chi connectivity index (χ4n) is 2.42. The van der Waals surface area contributed by atoms with Gasteiger partial charge in [-0.1, -0.05) is 0 Å². The molecule has 14 heteroatoms. The molecular weight excluding hydrogens is 484 g/mol. The van der Waals surface area contributed by atoms with Crippen molar-refractivity contribution in [2.45, 2.75) is 0 Å². The molecule has 0 heterocycles. The van der Waals surface area contributed by atoms with Crippen LogP contribution >= 0.6 is 0 Å². The number of rotatable bonds is 20. The quantitative estimate of drug-likeness (QED) is 0.0991. The summed E-state index contributed by atoms with van der Waals surface area (Å²) in [6, 6.07) is 0. The summed E-state index contributed by atoms with van der Waals surface area (Å²) in [5, 5.41) is 0. The average Bonchev–Trinajstić information content (AvgIpc) is 2.88. The molecule has 0 unspecified atom stereocenters. The van der Waals surface area contributed by atoms with Crippen molar-refractivity contribution in [3.8, 4) is 0 Å². The predicted molar refractivity (Wildman–Crippen MR) is 122 cm³/mol. The topological polar surface area (TPSA) is 164 Å². The Labute approximate surface area is 209 Å². The fourth-order valence-corrected chi connectivity index (χ4v) is 2.42. The molecule has 0 atom stereocenters. The van der Waals surface area contributed by atoms with Gasteiger partial charge in [-0.15, -0.1) is 0 Å². The van der Waals surface area contributed by atoms with Gasteiger partial charge in [0.05, 0.1) is 26.4 Å². The van der Waals surface area contributed by atoms with Crippen LogP contribution in [0.3, 0.4) is 0 Å². The zero-order valence-corrected chi connectivity index (χ0v) is 21.0. The maximum Gasteiger partial charge on any atom is 0.331 e. The molecule has 0 fully saturated rings. The maximum atomic E-state index is 12.2. The van der Waals surface area contributed by atoms with Gasteiger partial charge in [0.25, 0.3) is 23.4 Å². The Morgan fingerprint density at radius 3 is 1.06 bits per heavy atom. The predicted octanol–water partition coefficient (Wildman–Crippen LogP) is -1.99. The number of nitrogens with zero attached hydrogens (tertiary/aromatic N) is 2. The molecule has 0 aliphatic heterocycles. The van der Waals surface area contributed by atoms with Crippen molar-refractivity contribution in [3.05, 3.63) is 12.2 Å². The van der Waals surface area contributed by atoms with E-state index < -0.39 is 48.5 Å². The number of hydrogen-bond acceptors (Lipinski definition) is 12. The molecule has 14 nitrogen and oxygen atoms in total. The number of carbonyl (C=O) groups excluding carboxylic acids is 6. The highest BCUT2D eigenvalue weighted by atomic mass is 16.5. The van der Waals surface area contributed by atoms with Crippen LogP contribution in [0.4, 0.5) is 0 Å². The molecule has 0 radical (unpaired) electrons. The Morgan fingerprint density at radius 2 is 0.806 bits per heavy atom. The number of esters is 2. The minimum atomic E-state index is -1.10. The summed E-state index contributed by atoms with van der Waals surface area (Å²) in [5.41, 5.74) is 0. The third kappa shape index (κ3) is 14.3. The molecule has 0 spiro atoms. The molecule has 204 valence electrons. The molecule has 36 heavy (non-hydrogen) atoms. The van der Waals surface area contributed by atoms with Crippen molar-refractivity contribution in [1.29, 1.82) is 0 Å². The molecule has 0 aromatic carbocycles. The summed E-state index contributed by atoms with van der Waals surface area (Å²) in [4.78, 5) is 74.3. The van der Waals surface area contributed by atoms with Crippen molar-refractivity contribution in [2.75, 3.05) is 94.3 Å². The van der Waals surface area contributed by atoms with Gasteiger partial charge in [-0.3, -0.25) is 19.2 Å². The Kier molecular flexibility index (Phi) is 18.3. The van der Waals surface area contributed by atoms with Crippen molar-refractivity contribution in [2.24, 2.45) is 0 Å². The van der Waals surface area contributed by atoms with Crippen LogP contribution < -0.4 is 0 Å². The van der Waals surface area contributed by atoms with Crippen LogP contribution in [0.15, 0.2) is 12.2 Å². The van der Waals surface area contributed by atoms with Gasteiger partial charge in [-0.25, -0.2) is 9.59 Å². The van der Waals surface area contributed by atoms with Crippen LogP contribution in [0.2, 0.25) is 0 Å². The van der Waals surface area contributed by atoms with Gasteiger partial charge in [0.1, 0.15) is 0 Å². The molecular formula is C22H34N2O12. The monoisotopic (exact) mass is 518 g/mol. The molecule has 0 rings (SSSR count). The number of hydrogen-bond donors (Lipinski definition) is 0. The third-order valence-corrected chi connectivity index (χ3v) is 4.36. The van der Waals surface area contributed by atoms with E-state index in [1.54, 1.807) is 0 Å². The van der Waals surface area contributed by atoms with E-state index in [0.29, 0.717) is 12.2 Å². The number of amides is 2. The molecule has 0 aromatic rings. The average molecular weight is 519 g/mol. The SMILES string of the molecule is COCCN(CCOC)C(=O)C(=O)COC(=O)/C=C/C(=O)OCC(=O)C(=O)N(CCOC)CCOC. The number of ketones is 2. The van der Waals surface area contributed by atoms with E-state index in [1.807, 2.05) is 0 Å². The van der Waals surface area contributed by atoms with Crippen molar-refractivity contribution >= 4 is 35.3 Å². The molecule has 0 aliphatic carbocycles. The highest BCUT2D eigenvalue weighted by molar-refractivity contribution is 6.37. The first-order valence-corrected chi connectivity index (χ1v) is 10.8. The Balaban J connectivity index is 4.61. The molecule has 0 bridgehead atoms. The molecule has 0 saturated carbocycles. The third-order valence-electron chi connectivity index (χ3n) is 4.36. The summed E-state index contributed by atoms with van der Waals surface area (Å²) in [6.07, 6.45) is 1.31. The van der Waals surface area contributed by atoms with E-state index in [2.05, 4.69) is 9.47 Å². The molecule has 0 saturated heterocycles. The Bertz CT molecular complexity index is 690. The van der Waals surface area contributed by atoms with Gasteiger partial charge in [0, 0.05) is 66.8 Å². The van der Waals surface area contributed by atoms with Gasteiger partial charge in [-0.05, 0) is 0 Å². The lowest BCUT2D eigenvalue weighted by Crippen LogP contribution is -2.42. The summed E-state index contributed by atoms with van der Waals surface area (Å²) in [7, 11) is 5.76. The first-order valence-electron chi connectivity index (χ1n) is 10.8. The van der Waals surface area contributed by atoms with Crippen molar-refractivity contribution in [1.82, 2.24) is 9.80 Å². The van der Waals surface area contributed by atoms with E-state index in [1.165, 1.54) is 38.2 Å². The second-order valence-electron chi connectivity index (χ2n) is 6.95. The van der Waals surface area contributed by atoms with Crippen molar-refractivity contribution in [3.63, 3.8) is 0 Å². The van der Waals surface area contributed by atoms with Gasteiger partial charge in [0.15, 0.2) is 13.2 Å². The number of ether oxygens (including phenoxy) is 6. The molecule has 2 amide bonds. The maximum absolute atomic E-state index is 12.2. The van der Waals surface area contributed by atoms with Gasteiger partial charge in [-0.2, -0.15) is 0 Å². The highest BCUT2D eigenvalue weighted by Crippen LogP contribution is 1.97. The minimum absolute atomic E-state index is 0.141. The van der Waals surface area contributed by atoms with E-state index in [0.717, 1.165) is 0 Å². The first-order chi connectivity index (χ1) is 17.2.